The number of thiazole rings is 1. The van der Waals surface area contributed by atoms with Gasteiger partial charge in [0.15, 0.2) is 6.29 Å². The van der Waals surface area contributed by atoms with E-state index in [0.29, 0.717) is 0 Å². The molecule has 0 fully saturated rings. The lowest BCUT2D eigenvalue weighted by molar-refractivity contribution is 0.112. The molecule has 0 aliphatic heterocycles. The van der Waals surface area contributed by atoms with Crippen molar-refractivity contribution in [2.24, 2.45) is 0 Å². The first-order chi connectivity index (χ1) is 8.28. The second-order valence-corrected chi connectivity index (χ2v) is 5.45. The standard InChI is InChI=1S/C14H13NOS/c1-9-13(8-16)17-14(15-9)12-6-5-10-3-2-4-11(10)7-12/h5-8H,2-4H2,1H3. The van der Waals surface area contributed by atoms with Gasteiger partial charge in [-0.1, -0.05) is 12.1 Å². The van der Waals surface area contributed by atoms with Crippen LogP contribution in [0, 0.1) is 6.92 Å². The quantitative estimate of drug-likeness (QED) is 0.756. The average Bonchev–Trinajstić information content (AvgIpc) is 2.93. The molecule has 0 atom stereocenters. The lowest BCUT2D eigenvalue weighted by Gasteiger charge is -2.01. The van der Waals surface area contributed by atoms with Crippen molar-refractivity contribution in [3.8, 4) is 10.6 Å². The van der Waals surface area contributed by atoms with Crippen LogP contribution in [0.15, 0.2) is 18.2 Å². The Kier molecular flexibility index (Phi) is 2.56. The highest BCUT2D eigenvalue weighted by molar-refractivity contribution is 7.16. The zero-order chi connectivity index (χ0) is 11.8. The van der Waals surface area contributed by atoms with Gasteiger partial charge in [-0.25, -0.2) is 4.98 Å². The van der Waals surface area contributed by atoms with Crippen molar-refractivity contribution in [1.29, 1.82) is 0 Å². The summed E-state index contributed by atoms with van der Waals surface area (Å²) in [5, 5.41) is 0.958. The molecule has 0 unspecified atom stereocenters. The molecule has 3 heteroatoms. The van der Waals surface area contributed by atoms with E-state index in [2.05, 4.69) is 23.2 Å². The topological polar surface area (TPSA) is 30.0 Å². The summed E-state index contributed by atoms with van der Waals surface area (Å²) < 4.78 is 0. The Labute approximate surface area is 104 Å². The smallest absolute Gasteiger partial charge is 0.161 e. The molecule has 0 N–H and O–H groups in total. The molecule has 17 heavy (non-hydrogen) atoms. The number of rotatable bonds is 2. The van der Waals surface area contributed by atoms with Crippen molar-refractivity contribution in [1.82, 2.24) is 4.98 Å². The molecule has 1 heterocycles. The van der Waals surface area contributed by atoms with Crippen molar-refractivity contribution in [2.45, 2.75) is 26.2 Å². The third kappa shape index (κ3) is 1.80. The first-order valence-electron chi connectivity index (χ1n) is 5.82. The number of hydrogen-bond acceptors (Lipinski definition) is 3. The van der Waals surface area contributed by atoms with Gasteiger partial charge in [-0.15, -0.1) is 11.3 Å². The average molecular weight is 243 g/mol. The third-order valence-corrected chi connectivity index (χ3v) is 4.42. The fraction of sp³-hybridized carbons (Fsp3) is 0.286. The van der Waals surface area contributed by atoms with E-state index in [1.54, 1.807) is 0 Å². The van der Waals surface area contributed by atoms with Gasteiger partial charge in [0.05, 0.1) is 10.6 Å². The number of aldehydes is 1. The Bertz CT molecular complexity index is 586. The molecule has 1 aromatic carbocycles. The number of aryl methyl sites for hydroxylation is 3. The van der Waals surface area contributed by atoms with Crippen molar-refractivity contribution in [3.63, 3.8) is 0 Å². The van der Waals surface area contributed by atoms with E-state index in [0.717, 1.165) is 27.4 Å². The van der Waals surface area contributed by atoms with Crippen LogP contribution in [-0.4, -0.2) is 11.3 Å². The third-order valence-electron chi connectivity index (χ3n) is 3.28. The van der Waals surface area contributed by atoms with Crippen LogP contribution >= 0.6 is 11.3 Å². The van der Waals surface area contributed by atoms with Crippen molar-refractivity contribution in [2.75, 3.05) is 0 Å². The summed E-state index contributed by atoms with van der Waals surface area (Å²) in [7, 11) is 0. The predicted molar refractivity (Wildman–Crippen MR) is 69.7 cm³/mol. The molecule has 0 bridgehead atoms. The zero-order valence-electron chi connectivity index (χ0n) is 9.69. The highest BCUT2D eigenvalue weighted by Gasteiger charge is 2.14. The van der Waals surface area contributed by atoms with Crippen LogP contribution in [0.25, 0.3) is 10.6 Å². The predicted octanol–water partition coefficient (Wildman–Crippen LogP) is 3.42. The van der Waals surface area contributed by atoms with Crippen molar-refractivity contribution in [3.05, 3.63) is 39.9 Å². The molecule has 1 aliphatic rings. The van der Waals surface area contributed by atoms with E-state index >= 15 is 0 Å². The van der Waals surface area contributed by atoms with E-state index in [4.69, 9.17) is 0 Å². The van der Waals surface area contributed by atoms with Gasteiger partial charge in [0.2, 0.25) is 0 Å². The molecule has 3 rings (SSSR count). The minimum Gasteiger partial charge on any atom is -0.297 e. The van der Waals surface area contributed by atoms with Gasteiger partial charge in [0.1, 0.15) is 5.01 Å². The Morgan fingerprint density at radius 1 is 1.29 bits per heavy atom. The Balaban J connectivity index is 2.06. The van der Waals surface area contributed by atoms with Crippen LogP contribution in [0.2, 0.25) is 0 Å². The van der Waals surface area contributed by atoms with Crippen LogP contribution < -0.4 is 0 Å². The van der Waals surface area contributed by atoms with Crippen LogP contribution in [0.5, 0.6) is 0 Å². The van der Waals surface area contributed by atoms with Crippen LogP contribution in [0.1, 0.15) is 32.9 Å². The molecular formula is C14H13NOS. The molecule has 1 aliphatic carbocycles. The Hall–Kier alpha value is -1.48. The second-order valence-electron chi connectivity index (χ2n) is 4.42. The van der Waals surface area contributed by atoms with Gasteiger partial charge in [-0.2, -0.15) is 0 Å². The fourth-order valence-corrected chi connectivity index (χ4v) is 3.22. The molecule has 0 saturated heterocycles. The molecule has 0 spiro atoms. The summed E-state index contributed by atoms with van der Waals surface area (Å²) >= 11 is 1.48. The number of aromatic nitrogens is 1. The van der Waals surface area contributed by atoms with Gasteiger partial charge in [-0.3, -0.25) is 4.79 Å². The number of carbonyl (C=O) groups excluding carboxylic acids is 1. The largest absolute Gasteiger partial charge is 0.297 e. The summed E-state index contributed by atoms with van der Waals surface area (Å²) in [5.74, 6) is 0. The summed E-state index contributed by atoms with van der Waals surface area (Å²) in [6, 6.07) is 6.56. The highest BCUT2D eigenvalue weighted by atomic mass is 32.1. The molecule has 0 radical (unpaired) electrons. The number of hydrogen-bond donors (Lipinski definition) is 0. The van der Waals surface area contributed by atoms with Gasteiger partial charge >= 0.3 is 0 Å². The molecule has 0 amide bonds. The van der Waals surface area contributed by atoms with Crippen LogP contribution in [0.4, 0.5) is 0 Å². The molecule has 0 saturated carbocycles. The summed E-state index contributed by atoms with van der Waals surface area (Å²) in [6.45, 7) is 1.89. The normalized spacial score (nSPS) is 13.7. The highest BCUT2D eigenvalue weighted by Crippen LogP contribution is 2.31. The number of fused-ring (bicyclic) bond motifs is 1. The van der Waals surface area contributed by atoms with Crippen LogP contribution in [-0.2, 0) is 12.8 Å². The van der Waals surface area contributed by atoms with Gasteiger partial charge in [-0.05, 0) is 43.4 Å². The van der Waals surface area contributed by atoms with Gasteiger partial charge < -0.3 is 0 Å². The first kappa shape index (κ1) is 10.7. The molecule has 2 aromatic rings. The van der Waals surface area contributed by atoms with Crippen molar-refractivity contribution < 1.29 is 4.79 Å². The van der Waals surface area contributed by atoms with E-state index in [1.807, 2.05) is 6.92 Å². The monoisotopic (exact) mass is 243 g/mol. The summed E-state index contributed by atoms with van der Waals surface area (Å²) in [5.41, 5.74) is 4.90. The maximum absolute atomic E-state index is 10.8. The number of nitrogens with zero attached hydrogens (tertiary/aromatic N) is 1. The maximum atomic E-state index is 10.8. The molecule has 2 nitrogen and oxygen atoms in total. The number of benzene rings is 1. The molecular weight excluding hydrogens is 230 g/mol. The lowest BCUT2D eigenvalue weighted by atomic mass is 10.1. The summed E-state index contributed by atoms with van der Waals surface area (Å²) in [6.07, 6.45) is 4.53. The van der Waals surface area contributed by atoms with Gasteiger partial charge in [0, 0.05) is 5.56 Å². The minimum atomic E-state index is 0.737. The first-order valence-corrected chi connectivity index (χ1v) is 6.64. The SMILES string of the molecule is Cc1nc(-c2ccc3c(c2)CCC3)sc1C=O. The van der Waals surface area contributed by atoms with E-state index < -0.39 is 0 Å². The van der Waals surface area contributed by atoms with E-state index in [9.17, 15) is 4.79 Å². The lowest BCUT2D eigenvalue weighted by Crippen LogP contribution is -1.84. The Morgan fingerprint density at radius 3 is 2.88 bits per heavy atom. The maximum Gasteiger partial charge on any atom is 0.161 e. The zero-order valence-corrected chi connectivity index (χ0v) is 10.5. The van der Waals surface area contributed by atoms with Gasteiger partial charge in [0.25, 0.3) is 0 Å². The van der Waals surface area contributed by atoms with Crippen molar-refractivity contribution >= 4 is 17.6 Å². The summed E-state index contributed by atoms with van der Waals surface area (Å²) in [4.78, 5) is 16.0. The number of carbonyl (C=O) groups is 1. The fourth-order valence-electron chi connectivity index (χ4n) is 2.35. The van der Waals surface area contributed by atoms with Crippen LogP contribution in [0.3, 0.4) is 0 Å². The molecule has 1 aromatic heterocycles. The molecule has 86 valence electrons. The van der Waals surface area contributed by atoms with E-state index in [-0.39, 0.29) is 0 Å². The second kappa shape index (κ2) is 4.08. The van der Waals surface area contributed by atoms with E-state index in [1.165, 1.54) is 41.7 Å². The minimum absolute atomic E-state index is 0.737. The Morgan fingerprint density at radius 2 is 2.12 bits per heavy atom.